The van der Waals surface area contributed by atoms with Gasteiger partial charge in [-0.1, -0.05) is 59.6 Å². The number of carbonyl (C=O) groups excluding carboxylic acids is 3. The lowest BCUT2D eigenvalue weighted by atomic mass is 10.1. The van der Waals surface area contributed by atoms with Gasteiger partial charge in [0.1, 0.15) is 39.1 Å². The summed E-state index contributed by atoms with van der Waals surface area (Å²) < 4.78 is 21.7. The highest BCUT2D eigenvalue weighted by atomic mass is 35.5. The lowest BCUT2D eigenvalue weighted by Crippen LogP contribution is -2.49. The first-order chi connectivity index (χ1) is 32.7. The molecule has 2 aliphatic heterocycles. The Kier molecular flexibility index (Phi) is 16.7. The average Bonchev–Trinajstić information content (AvgIpc) is 3.88. The fourth-order valence-electron chi connectivity index (χ4n) is 9.18. The Labute approximate surface area is 422 Å². The molecule has 0 saturated carbocycles. The predicted octanol–water partition coefficient (Wildman–Crippen LogP) is 6.91. The Hall–Kier alpha value is -6.08. The van der Waals surface area contributed by atoms with Crippen LogP contribution in [0.4, 0.5) is 16.7 Å². The number of esters is 2. The normalized spacial score (nSPS) is 16.1. The van der Waals surface area contributed by atoms with Gasteiger partial charge in [-0.05, 0) is 83.6 Å². The first-order valence-electron chi connectivity index (χ1n) is 22.8. The number of benzene rings is 2. The van der Waals surface area contributed by atoms with Crippen LogP contribution in [0.1, 0.15) is 89.7 Å². The number of alkyl carbamates (subject to hydrolysis) is 1. The minimum Gasteiger partial charge on any atom is -0.464 e. The maximum absolute atomic E-state index is 13.6. The van der Waals surface area contributed by atoms with Crippen LogP contribution >= 0.6 is 35.6 Å². The van der Waals surface area contributed by atoms with Gasteiger partial charge in [0.05, 0.1) is 27.3 Å². The number of nitrogens with two attached hydrogens (primary N) is 1. The van der Waals surface area contributed by atoms with E-state index in [9.17, 15) is 24.0 Å². The average molecular weight is 1020 g/mol. The molecule has 2 fully saturated rings. The summed E-state index contributed by atoms with van der Waals surface area (Å²) in [6, 6.07) is 14.9. The molecular formula is C49H61Cl3N10O8. The van der Waals surface area contributed by atoms with Crippen LogP contribution in [0.15, 0.2) is 58.1 Å². The Morgan fingerprint density at radius 1 is 0.729 bits per heavy atom. The summed E-state index contributed by atoms with van der Waals surface area (Å²) in [5.41, 5.74) is 9.87. The van der Waals surface area contributed by atoms with Crippen LogP contribution in [0.3, 0.4) is 0 Å². The molecular weight excluding hydrogens is 963 g/mol. The van der Waals surface area contributed by atoms with Crippen molar-refractivity contribution in [3.05, 3.63) is 113 Å². The second-order valence-corrected chi connectivity index (χ2v) is 19.3. The van der Waals surface area contributed by atoms with Crippen molar-refractivity contribution in [2.75, 3.05) is 50.2 Å². The van der Waals surface area contributed by atoms with Crippen molar-refractivity contribution in [2.45, 2.75) is 91.1 Å². The number of fused-ring (bicyclic) bond motifs is 2. The number of aryl methyl sites for hydroxylation is 2. The molecule has 18 nitrogen and oxygen atoms in total. The van der Waals surface area contributed by atoms with Gasteiger partial charge in [0.25, 0.3) is 11.1 Å². The number of nitrogens with one attached hydrogen (secondary N) is 1. The molecule has 0 bridgehead atoms. The van der Waals surface area contributed by atoms with Crippen LogP contribution in [0.5, 0.6) is 0 Å². The van der Waals surface area contributed by atoms with E-state index < -0.39 is 23.6 Å². The lowest BCUT2D eigenvalue weighted by Gasteiger charge is -2.34. The van der Waals surface area contributed by atoms with E-state index in [1.807, 2.05) is 72.4 Å². The van der Waals surface area contributed by atoms with E-state index in [0.29, 0.717) is 87.9 Å². The third-order valence-electron chi connectivity index (χ3n) is 12.5. The zero-order chi connectivity index (χ0) is 50.1. The Morgan fingerprint density at radius 2 is 1.16 bits per heavy atom. The number of methoxy groups -OCH3 is 2. The number of aromatic nitrogens is 6. The predicted molar refractivity (Wildman–Crippen MR) is 274 cm³/mol. The minimum absolute atomic E-state index is 0. The van der Waals surface area contributed by atoms with E-state index in [1.54, 1.807) is 34.0 Å². The quantitative estimate of drug-likeness (QED) is 0.112. The Balaban J connectivity index is 0.000000231. The van der Waals surface area contributed by atoms with Crippen molar-refractivity contribution in [3.63, 3.8) is 0 Å². The van der Waals surface area contributed by atoms with Gasteiger partial charge in [-0.2, -0.15) is 0 Å². The van der Waals surface area contributed by atoms with Crippen molar-refractivity contribution in [2.24, 2.45) is 19.8 Å². The van der Waals surface area contributed by atoms with E-state index in [-0.39, 0.29) is 47.0 Å². The van der Waals surface area contributed by atoms with Crippen molar-refractivity contribution >= 4 is 87.6 Å². The van der Waals surface area contributed by atoms with Crippen molar-refractivity contribution in [1.82, 2.24) is 33.6 Å². The molecule has 70 heavy (non-hydrogen) atoms. The molecule has 0 radical (unpaired) electrons. The number of hydrogen-bond donors (Lipinski definition) is 2. The molecule has 6 heterocycles. The SMILES string of the molecule is COC(=O)c1c(C)c2nc(N3CCC[C@@H](N)C3)n(Cc3ccccc3Cl)c2c(=O)n1C.COC(=O)c1c(C)c2nc(N3CCC[C@@H](NC(=O)OC(C)(C)C)C3)n(Cc3ccccc3Cl)c2c(=O)n1C.Cl. The number of imidazole rings is 2. The number of piperidine rings is 2. The monoisotopic (exact) mass is 1020 g/mol. The first kappa shape index (κ1) is 53.3. The van der Waals surface area contributed by atoms with E-state index in [1.165, 1.54) is 23.4 Å². The third-order valence-corrected chi connectivity index (χ3v) is 13.2. The zero-order valence-corrected chi connectivity index (χ0v) is 43.3. The van der Waals surface area contributed by atoms with Crippen molar-refractivity contribution in [3.8, 4) is 0 Å². The number of pyridine rings is 2. The summed E-state index contributed by atoms with van der Waals surface area (Å²) in [7, 11) is 5.70. The second kappa shape index (κ2) is 21.9. The number of ether oxygens (including phenoxy) is 3. The number of rotatable bonds is 9. The molecule has 1 amide bonds. The summed E-state index contributed by atoms with van der Waals surface area (Å²) in [5.74, 6) is 0.0529. The summed E-state index contributed by atoms with van der Waals surface area (Å²) in [6.07, 6.45) is 3.02. The van der Waals surface area contributed by atoms with Gasteiger partial charge in [0.15, 0.2) is 0 Å². The second-order valence-electron chi connectivity index (χ2n) is 18.5. The summed E-state index contributed by atoms with van der Waals surface area (Å²) in [6.45, 7) is 12.3. The summed E-state index contributed by atoms with van der Waals surface area (Å²) in [4.78, 5) is 78.3. The smallest absolute Gasteiger partial charge is 0.407 e. The molecule has 3 N–H and O–H groups in total. The van der Waals surface area contributed by atoms with E-state index in [2.05, 4.69) is 15.1 Å². The van der Waals surface area contributed by atoms with Gasteiger partial charge in [-0.3, -0.25) is 9.59 Å². The fourth-order valence-corrected chi connectivity index (χ4v) is 9.57. The van der Waals surface area contributed by atoms with Crippen LogP contribution in [0, 0.1) is 13.8 Å². The number of carbonyl (C=O) groups is 3. The maximum atomic E-state index is 13.6. The highest BCUT2D eigenvalue weighted by Gasteiger charge is 2.32. The van der Waals surface area contributed by atoms with Gasteiger partial charge in [-0.25, -0.2) is 24.4 Å². The van der Waals surface area contributed by atoms with Gasteiger partial charge >= 0.3 is 18.0 Å². The van der Waals surface area contributed by atoms with Crippen molar-refractivity contribution in [1.29, 1.82) is 0 Å². The van der Waals surface area contributed by atoms with Crippen LogP contribution in [-0.4, -0.2) is 104 Å². The highest BCUT2D eigenvalue weighted by Crippen LogP contribution is 2.31. The number of nitrogens with zero attached hydrogens (tertiary/aromatic N) is 8. The van der Waals surface area contributed by atoms with E-state index in [4.69, 9.17) is 53.1 Å². The molecule has 2 atom stereocenters. The fraction of sp³-hybridized carbons (Fsp3) is 0.449. The Morgan fingerprint density at radius 3 is 1.57 bits per heavy atom. The van der Waals surface area contributed by atoms with E-state index >= 15 is 0 Å². The van der Waals surface area contributed by atoms with Gasteiger partial charge < -0.3 is 53.3 Å². The van der Waals surface area contributed by atoms with Gasteiger partial charge in [-0.15, -0.1) is 12.4 Å². The molecule has 21 heteroatoms. The first-order valence-corrected chi connectivity index (χ1v) is 23.6. The van der Waals surface area contributed by atoms with E-state index in [0.717, 1.165) is 43.4 Å². The van der Waals surface area contributed by atoms with Gasteiger partial charge in [0, 0.05) is 73.5 Å². The molecule has 8 rings (SSSR count). The molecule has 0 aliphatic carbocycles. The molecule has 2 saturated heterocycles. The number of hydrogen-bond acceptors (Lipinski definition) is 13. The number of amides is 1. The molecule has 2 aromatic carbocycles. The van der Waals surface area contributed by atoms with Crippen molar-refractivity contribution < 1.29 is 28.6 Å². The molecule has 0 unspecified atom stereocenters. The third kappa shape index (κ3) is 10.9. The van der Waals surface area contributed by atoms with Crippen LogP contribution in [-0.2, 0) is 41.4 Å². The number of halogens is 3. The standard InChI is InChI=1S/C27H34ClN5O5.C22H26ClN5O3.ClH/c1-16-20-22(23(34)31(5)21(16)24(35)37-6)33(14-17-10-7-8-12-19(17)28)25(30-20)32-13-9-11-18(15-32)29-26(36)38-27(2,3)4;1-13-17-19(20(29)26(2)18(13)21(30)31-3)28(11-14-7-4-5-9-16(14)23)22(25-17)27-10-6-8-15(24)12-27;/h7-8,10,12,18H,9,11,13-15H2,1-6H3,(H,29,36);4-5,7,9,15H,6,8,10-12,24H2,1-3H3;1H/t18-;15-;/m11./s1. The lowest BCUT2D eigenvalue weighted by molar-refractivity contribution is 0.0497. The molecule has 4 aromatic heterocycles. The van der Waals surface area contributed by atoms with Gasteiger partial charge in [0.2, 0.25) is 11.9 Å². The molecule has 376 valence electrons. The Bertz CT molecular complexity index is 3070. The zero-order valence-electron chi connectivity index (χ0n) is 40.9. The minimum atomic E-state index is -0.606. The highest BCUT2D eigenvalue weighted by molar-refractivity contribution is 6.31. The van der Waals surface area contributed by atoms with Crippen LogP contribution in [0.2, 0.25) is 10.0 Å². The maximum Gasteiger partial charge on any atom is 0.407 e. The molecule has 0 spiro atoms. The van der Waals surface area contributed by atoms with Crippen LogP contribution in [0.25, 0.3) is 22.1 Å². The van der Waals surface area contributed by atoms with Crippen LogP contribution < -0.4 is 32.0 Å². The molecule has 2 aliphatic rings. The largest absolute Gasteiger partial charge is 0.464 e. The number of anilines is 2. The summed E-state index contributed by atoms with van der Waals surface area (Å²) in [5, 5.41) is 4.15. The molecule has 6 aromatic rings. The summed E-state index contributed by atoms with van der Waals surface area (Å²) >= 11 is 12.9. The topological polar surface area (TPSA) is 203 Å².